The Kier molecular flexibility index (Phi) is 4.68. The summed E-state index contributed by atoms with van der Waals surface area (Å²) in [5.74, 6) is -1.04. The molecule has 20 heavy (non-hydrogen) atoms. The van der Waals surface area contributed by atoms with Crippen LogP contribution in [0.15, 0.2) is 48.7 Å². The van der Waals surface area contributed by atoms with Gasteiger partial charge in [-0.2, -0.15) is 0 Å². The molecule has 5 nitrogen and oxygen atoms in total. The van der Waals surface area contributed by atoms with Gasteiger partial charge in [-0.15, -0.1) is 0 Å². The summed E-state index contributed by atoms with van der Waals surface area (Å²) in [7, 11) is 0. The van der Waals surface area contributed by atoms with E-state index >= 15 is 0 Å². The van der Waals surface area contributed by atoms with Crippen LogP contribution in [-0.4, -0.2) is 23.5 Å². The lowest BCUT2D eigenvalue weighted by Gasteiger charge is -2.06. The molecule has 1 aromatic heterocycles. The van der Waals surface area contributed by atoms with Crippen molar-refractivity contribution >= 4 is 29.2 Å². The van der Waals surface area contributed by atoms with Crippen LogP contribution in [0.25, 0.3) is 0 Å². The van der Waals surface area contributed by atoms with Gasteiger partial charge in [0.25, 0.3) is 5.91 Å². The van der Waals surface area contributed by atoms with E-state index in [1.807, 2.05) is 6.07 Å². The molecule has 0 atom stereocenters. The first-order valence-corrected chi connectivity index (χ1v) is 6.16. The highest BCUT2D eigenvalue weighted by molar-refractivity contribution is 6.29. The number of amides is 1. The van der Waals surface area contributed by atoms with Crippen LogP contribution < -0.4 is 5.32 Å². The number of nitrogens with one attached hydrogen (secondary N) is 1. The summed E-state index contributed by atoms with van der Waals surface area (Å²) in [5.41, 5.74) is 0.887. The number of pyridine rings is 1. The van der Waals surface area contributed by atoms with Crippen molar-refractivity contribution in [2.24, 2.45) is 0 Å². The van der Waals surface area contributed by atoms with Crippen LogP contribution in [0.3, 0.4) is 0 Å². The van der Waals surface area contributed by atoms with Crippen molar-refractivity contribution in [3.63, 3.8) is 0 Å². The lowest BCUT2D eigenvalue weighted by atomic mass is 10.3. The molecule has 2 rings (SSSR count). The molecule has 1 amide bonds. The highest BCUT2D eigenvalue weighted by atomic mass is 35.5. The van der Waals surface area contributed by atoms with Crippen molar-refractivity contribution in [3.8, 4) is 0 Å². The van der Waals surface area contributed by atoms with E-state index in [1.165, 1.54) is 18.3 Å². The molecule has 0 aliphatic carbocycles. The number of esters is 1. The molecule has 102 valence electrons. The van der Waals surface area contributed by atoms with E-state index in [0.29, 0.717) is 5.69 Å². The summed E-state index contributed by atoms with van der Waals surface area (Å²) in [6, 6.07) is 11.7. The molecular formula is C14H11ClN2O3. The molecule has 0 bridgehead atoms. The topological polar surface area (TPSA) is 68.3 Å². The maximum Gasteiger partial charge on any atom is 0.338 e. The van der Waals surface area contributed by atoms with Crippen molar-refractivity contribution in [2.75, 3.05) is 11.9 Å². The third-order valence-corrected chi connectivity index (χ3v) is 2.56. The van der Waals surface area contributed by atoms with Crippen LogP contribution in [0.2, 0.25) is 5.15 Å². The molecule has 1 N–H and O–H groups in total. The third-order valence-electron chi connectivity index (χ3n) is 2.35. The summed E-state index contributed by atoms with van der Waals surface area (Å²) < 4.78 is 4.88. The zero-order chi connectivity index (χ0) is 14.4. The first kappa shape index (κ1) is 14.0. The van der Waals surface area contributed by atoms with Gasteiger partial charge in [0.1, 0.15) is 5.15 Å². The molecule has 0 aliphatic heterocycles. The molecular weight excluding hydrogens is 280 g/mol. The number of benzene rings is 1. The van der Waals surface area contributed by atoms with Crippen LogP contribution >= 0.6 is 11.6 Å². The van der Waals surface area contributed by atoms with Crippen molar-refractivity contribution in [1.82, 2.24) is 4.98 Å². The lowest BCUT2D eigenvalue weighted by Crippen LogP contribution is -2.20. The van der Waals surface area contributed by atoms with Gasteiger partial charge in [0, 0.05) is 11.9 Å². The maximum absolute atomic E-state index is 11.7. The Balaban J connectivity index is 1.86. The Morgan fingerprint density at radius 1 is 1.20 bits per heavy atom. The number of ether oxygens (including phenoxy) is 1. The average molecular weight is 291 g/mol. The van der Waals surface area contributed by atoms with E-state index in [9.17, 15) is 9.59 Å². The van der Waals surface area contributed by atoms with Gasteiger partial charge in [-0.1, -0.05) is 29.8 Å². The molecule has 0 spiro atoms. The van der Waals surface area contributed by atoms with E-state index < -0.39 is 11.9 Å². The van der Waals surface area contributed by atoms with Gasteiger partial charge in [-0.05, 0) is 24.3 Å². The number of carbonyl (C=O) groups excluding carboxylic acids is 2. The predicted molar refractivity (Wildman–Crippen MR) is 74.6 cm³/mol. The van der Waals surface area contributed by atoms with Crippen LogP contribution in [0.1, 0.15) is 10.4 Å². The number of nitrogens with zero attached hydrogens (tertiary/aromatic N) is 1. The van der Waals surface area contributed by atoms with Crippen LogP contribution in [-0.2, 0) is 9.53 Å². The van der Waals surface area contributed by atoms with Gasteiger partial charge < -0.3 is 10.1 Å². The number of anilines is 1. The molecule has 6 heteroatoms. The van der Waals surface area contributed by atoms with Crippen LogP contribution in [0.5, 0.6) is 0 Å². The zero-order valence-corrected chi connectivity index (χ0v) is 11.1. The Morgan fingerprint density at radius 2 is 1.95 bits per heavy atom. The molecule has 2 aromatic rings. The zero-order valence-electron chi connectivity index (χ0n) is 10.4. The number of halogens is 1. The number of hydrogen-bond donors (Lipinski definition) is 1. The van der Waals surface area contributed by atoms with Gasteiger partial charge in [-0.25, -0.2) is 9.78 Å². The second-order valence-electron chi connectivity index (χ2n) is 3.86. The molecule has 0 saturated carbocycles. The van der Waals surface area contributed by atoms with E-state index in [0.717, 1.165) is 0 Å². The highest BCUT2D eigenvalue weighted by Gasteiger charge is 2.10. The van der Waals surface area contributed by atoms with Gasteiger partial charge in [0.05, 0.1) is 5.56 Å². The monoisotopic (exact) mass is 290 g/mol. The van der Waals surface area contributed by atoms with E-state index in [-0.39, 0.29) is 17.3 Å². The fourth-order valence-corrected chi connectivity index (χ4v) is 1.64. The summed E-state index contributed by atoms with van der Waals surface area (Å²) in [6.07, 6.45) is 1.39. The lowest BCUT2D eigenvalue weighted by molar-refractivity contribution is -0.119. The van der Waals surface area contributed by atoms with E-state index in [4.69, 9.17) is 16.3 Å². The molecule has 1 heterocycles. The first-order valence-electron chi connectivity index (χ1n) is 5.79. The third kappa shape index (κ3) is 4.07. The summed E-state index contributed by atoms with van der Waals surface area (Å²) in [4.78, 5) is 27.0. The molecule has 0 radical (unpaired) electrons. The first-order chi connectivity index (χ1) is 9.65. The van der Waals surface area contributed by atoms with E-state index in [1.54, 1.807) is 24.3 Å². The standard InChI is InChI=1S/C14H11ClN2O3/c15-12-8-10(6-7-16-12)14(19)20-9-13(18)17-11-4-2-1-3-5-11/h1-8H,9H2,(H,17,18). The van der Waals surface area contributed by atoms with Gasteiger partial charge in [0.15, 0.2) is 6.61 Å². The fraction of sp³-hybridized carbons (Fsp3) is 0.0714. The molecule has 0 aliphatic rings. The largest absolute Gasteiger partial charge is 0.452 e. The van der Waals surface area contributed by atoms with Gasteiger partial charge in [-0.3, -0.25) is 4.79 Å². The molecule has 0 fully saturated rings. The van der Waals surface area contributed by atoms with Crippen molar-refractivity contribution in [1.29, 1.82) is 0 Å². The number of para-hydroxylation sites is 1. The highest BCUT2D eigenvalue weighted by Crippen LogP contribution is 2.09. The molecule has 0 unspecified atom stereocenters. The quantitative estimate of drug-likeness (QED) is 0.694. The smallest absolute Gasteiger partial charge is 0.338 e. The number of rotatable bonds is 4. The molecule has 0 saturated heterocycles. The van der Waals surface area contributed by atoms with Crippen molar-refractivity contribution in [3.05, 3.63) is 59.4 Å². The fourth-order valence-electron chi connectivity index (χ4n) is 1.46. The summed E-state index contributed by atoms with van der Waals surface area (Å²) >= 11 is 5.66. The predicted octanol–water partition coefficient (Wildman–Crippen LogP) is 2.53. The van der Waals surface area contributed by atoms with Crippen LogP contribution in [0, 0.1) is 0 Å². The average Bonchev–Trinajstić information content (AvgIpc) is 2.46. The normalized spacial score (nSPS) is 9.85. The minimum Gasteiger partial charge on any atom is -0.452 e. The van der Waals surface area contributed by atoms with E-state index in [2.05, 4.69) is 10.3 Å². The van der Waals surface area contributed by atoms with Crippen molar-refractivity contribution in [2.45, 2.75) is 0 Å². The minimum absolute atomic E-state index is 0.188. The Morgan fingerprint density at radius 3 is 2.65 bits per heavy atom. The second kappa shape index (κ2) is 6.68. The summed E-state index contributed by atoms with van der Waals surface area (Å²) in [5, 5.41) is 2.79. The second-order valence-corrected chi connectivity index (χ2v) is 4.24. The van der Waals surface area contributed by atoms with Gasteiger partial charge >= 0.3 is 5.97 Å². The Bertz CT molecular complexity index is 617. The maximum atomic E-state index is 11.7. The number of aromatic nitrogens is 1. The van der Waals surface area contributed by atoms with Gasteiger partial charge in [0.2, 0.25) is 0 Å². The van der Waals surface area contributed by atoms with Crippen molar-refractivity contribution < 1.29 is 14.3 Å². The Labute approximate surface area is 120 Å². The minimum atomic E-state index is -0.627. The number of carbonyl (C=O) groups is 2. The summed E-state index contributed by atoms with van der Waals surface area (Å²) in [6.45, 7) is -0.367. The Hall–Kier alpha value is -2.40. The SMILES string of the molecule is O=C(COC(=O)c1ccnc(Cl)c1)Nc1ccccc1. The number of hydrogen-bond acceptors (Lipinski definition) is 4. The van der Waals surface area contributed by atoms with Crippen LogP contribution in [0.4, 0.5) is 5.69 Å². The molecule has 1 aromatic carbocycles.